The van der Waals surface area contributed by atoms with Crippen LogP contribution in [0.1, 0.15) is 37.8 Å². The van der Waals surface area contributed by atoms with Crippen LogP contribution in [0.2, 0.25) is 0 Å². The van der Waals surface area contributed by atoms with Gasteiger partial charge in [0.15, 0.2) is 0 Å². The Morgan fingerprint density at radius 2 is 1.05 bits per heavy atom. The fourth-order valence-corrected chi connectivity index (χ4v) is 10.4. The molecule has 1 aromatic heterocycles. The Hall–Kier alpha value is -7.68. The van der Waals surface area contributed by atoms with Crippen molar-refractivity contribution in [3.63, 3.8) is 0 Å². The van der Waals surface area contributed by atoms with E-state index in [4.69, 9.17) is 0 Å². The van der Waals surface area contributed by atoms with Crippen molar-refractivity contribution in [2.75, 3.05) is 4.90 Å². The molecule has 63 heavy (non-hydrogen) atoms. The molecule has 0 unspecified atom stereocenters. The van der Waals surface area contributed by atoms with Gasteiger partial charge in [-0.2, -0.15) is 0 Å². The summed E-state index contributed by atoms with van der Waals surface area (Å²) in [5.74, 6) is 0. The van der Waals surface area contributed by atoms with Crippen molar-refractivity contribution in [3.05, 3.63) is 230 Å². The van der Waals surface area contributed by atoms with Crippen LogP contribution in [0.15, 0.2) is 218 Å². The summed E-state index contributed by atoms with van der Waals surface area (Å²) in [5, 5.41) is 5.01. The maximum atomic E-state index is 2.46. The number of allylic oxidation sites excluding steroid dienone is 4. The normalized spacial score (nSPS) is 13.9. The van der Waals surface area contributed by atoms with E-state index in [0.29, 0.717) is 0 Å². The van der Waals surface area contributed by atoms with E-state index in [-0.39, 0.29) is 5.41 Å². The van der Waals surface area contributed by atoms with Crippen molar-refractivity contribution in [2.45, 2.75) is 32.1 Å². The zero-order chi connectivity index (χ0) is 42.1. The van der Waals surface area contributed by atoms with Crippen LogP contribution in [0.3, 0.4) is 0 Å². The quantitative estimate of drug-likeness (QED) is 0.156. The van der Waals surface area contributed by atoms with Gasteiger partial charge in [0, 0.05) is 38.9 Å². The second-order valence-corrected chi connectivity index (χ2v) is 17.7. The first-order valence-corrected chi connectivity index (χ1v) is 22.2. The number of rotatable bonds is 7. The molecule has 0 atom stereocenters. The van der Waals surface area contributed by atoms with Gasteiger partial charge in [0.2, 0.25) is 0 Å². The Morgan fingerprint density at radius 1 is 0.429 bits per heavy atom. The number of hydrogen-bond acceptors (Lipinski definition) is 1. The molecule has 9 aromatic carbocycles. The van der Waals surface area contributed by atoms with E-state index in [1.807, 2.05) is 0 Å². The standard InChI is InChI=1S/C61H46N2/c1-61(2)57-25-11-9-23-53(57)54-33-32-52(40-58(54)61)62(51-31-29-46-36-45(27-28-47(46)38-51)41-15-5-3-6-16-41)50-22-14-19-44(37-50)42-17-13-18-43(35-42)48-30-34-60-56(39-48)55-24-10-12-26-59(55)63(60)49-20-7-4-8-21-49/h3-7,9-20,22-40H,8,21H2,1-2H3. The van der Waals surface area contributed by atoms with Crippen LogP contribution in [0.25, 0.3) is 82.8 Å². The lowest BCUT2D eigenvalue weighted by Gasteiger charge is -2.29. The van der Waals surface area contributed by atoms with E-state index >= 15 is 0 Å². The number of para-hydroxylation sites is 1. The number of benzene rings is 9. The molecule has 0 radical (unpaired) electrons. The molecular weight excluding hydrogens is 761 g/mol. The summed E-state index contributed by atoms with van der Waals surface area (Å²) in [5.41, 5.74) is 19.8. The van der Waals surface area contributed by atoms with Gasteiger partial charge in [-0.1, -0.05) is 159 Å². The maximum Gasteiger partial charge on any atom is 0.0538 e. The van der Waals surface area contributed by atoms with Crippen molar-refractivity contribution < 1.29 is 0 Å². The first-order chi connectivity index (χ1) is 31.0. The summed E-state index contributed by atoms with van der Waals surface area (Å²) in [4.78, 5) is 2.44. The molecule has 1 heterocycles. The number of anilines is 3. The van der Waals surface area contributed by atoms with E-state index in [1.54, 1.807) is 0 Å². The highest BCUT2D eigenvalue weighted by Crippen LogP contribution is 2.51. The molecule has 0 spiro atoms. The first-order valence-electron chi connectivity index (χ1n) is 22.2. The second kappa shape index (κ2) is 14.8. The summed E-state index contributed by atoms with van der Waals surface area (Å²) < 4.78 is 2.46. The van der Waals surface area contributed by atoms with Crippen LogP contribution in [-0.2, 0) is 5.41 Å². The largest absolute Gasteiger partial charge is 0.313 e. The lowest BCUT2D eigenvalue weighted by Crippen LogP contribution is -2.16. The van der Waals surface area contributed by atoms with E-state index in [1.165, 1.54) is 93.9 Å². The second-order valence-electron chi connectivity index (χ2n) is 17.7. The van der Waals surface area contributed by atoms with Crippen molar-refractivity contribution in [2.24, 2.45) is 0 Å². The molecule has 2 aliphatic carbocycles. The summed E-state index contributed by atoms with van der Waals surface area (Å²) in [6.45, 7) is 4.73. The van der Waals surface area contributed by atoms with Gasteiger partial charge in [-0.25, -0.2) is 0 Å². The molecular formula is C61H46N2. The molecule has 2 nitrogen and oxygen atoms in total. The minimum atomic E-state index is -0.116. The molecule has 0 bridgehead atoms. The minimum Gasteiger partial charge on any atom is -0.313 e. The summed E-state index contributed by atoms with van der Waals surface area (Å²) in [6, 6.07) is 74.3. The zero-order valence-electron chi connectivity index (χ0n) is 35.6. The minimum absolute atomic E-state index is 0.116. The lowest BCUT2D eigenvalue weighted by molar-refractivity contribution is 0.660. The lowest BCUT2D eigenvalue weighted by atomic mass is 9.82. The predicted octanol–water partition coefficient (Wildman–Crippen LogP) is 16.9. The Kier molecular flexibility index (Phi) is 8.69. The van der Waals surface area contributed by atoms with Gasteiger partial charge in [0.05, 0.1) is 11.0 Å². The van der Waals surface area contributed by atoms with Gasteiger partial charge in [-0.05, 0) is 152 Å². The monoisotopic (exact) mass is 806 g/mol. The number of aromatic nitrogens is 1. The Morgan fingerprint density at radius 3 is 1.90 bits per heavy atom. The van der Waals surface area contributed by atoms with Crippen LogP contribution in [-0.4, -0.2) is 4.57 Å². The number of fused-ring (bicyclic) bond motifs is 7. The average Bonchev–Trinajstić information content (AvgIpc) is 3.79. The van der Waals surface area contributed by atoms with E-state index < -0.39 is 0 Å². The zero-order valence-corrected chi connectivity index (χ0v) is 35.6. The van der Waals surface area contributed by atoms with Crippen LogP contribution >= 0.6 is 0 Å². The molecule has 300 valence electrons. The van der Waals surface area contributed by atoms with Crippen LogP contribution in [0.5, 0.6) is 0 Å². The molecule has 0 amide bonds. The smallest absolute Gasteiger partial charge is 0.0538 e. The maximum absolute atomic E-state index is 2.46. The van der Waals surface area contributed by atoms with Gasteiger partial charge in [0.1, 0.15) is 0 Å². The van der Waals surface area contributed by atoms with Gasteiger partial charge < -0.3 is 9.47 Å². The van der Waals surface area contributed by atoms with Gasteiger partial charge in [0.25, 0.3) is 0 Å². The highest BCUT2D eigenvalue weighted by atomic mass is 15.1. The Bertz CT molecular complexity index is 3490. The summed E-state index contributed by atoms with van der Waals surface area (Å²) in [6.07, 6.45) is 8.84. The Labute approximate surface area is 369 Å². The first kappa shape index (κ1) is 37.1. The number of nitrogens with zero attached hydrogens (tertiary/aromatic N) is 2. The van der Waals surface area contributed by atoms with E-state index in [9.17, 15) is 0 Å². The topological polar surface area (TPSA) is 8.17 Å². The average molecular weight is 807 g/mol. The van der Waals surface area contributed by atoms with Gasteiger partial charge in [-0.3, -0.25) is 0 Å². The van der Waals surface area contributed by atoms with Crippen LogP contribution in [0.4, 0.5) is 17.1 Å². The Balaban J connectivity index is 0.960. The van der Waals surface area contributed by atoms with Crippen LogP contribution < -0.4 is 4.90 Å². The highest BCUT2D eigenvalue weighted by Gasteiger charge is 2.35. The SMILES string of the molecule is CC1(C)c2ccccc2-c2ccc(N(c3cccc(-c4cccc(-c5ccc6c(c5)c5ccccc5n6C5=CC=CCC5)c4)c3)c3ccc4cc(-c5ccccc5)ccc4c3)cc21. The van der Waals surface area contributed by atoms with Crippen molar-refractivity contribution in [3.8, 4) is 44.5 Å². The molecule has 0 N–H and O–H groups in total. The fraction of sp³-hybridized carbons (Fsp3) is 0.0820. The molecule has 0 saturated heterocycles. The van der Waals surface area contributed by atoms with E-state index in [0.717, 1.165) is 29.9 Å². The molecule has 0 aliphatic heterocycles. The van der Waals surface area contributed by atoms with Crippen molar-refractivity contribution in [1.29, 1.82) is 0 Å². The third-order valence-electron chi connectivity index (χ3n) is 13.6. The molecule has 10 aromatic rings. The third-order valence-corrected chi connectivity index (χ3v) is 13.6. The summed E-state index contributed by atoms with van der Waals surface area (Å²) in [7, 11) is 0. The fourth-order valence-electron chi connectivity index (χ4n) is 10.4. The molecule has 2 heteroatoms. The molecule has 0 saturated carbocycles. The van der Waals surface area contributed by atoms with Crippen molar-refractivity contribution >= 4 is 55.3 Å². The third kappa shape index (κ3) is 6.24. The van der Waals surface area contributed by atoms with Gasteiger partial charge >= 0.3 is 0 Å². The van der Waals surface area contributed by atoms with Gasteiger partial charge in [-0.15, -0.1) is 0 Å². The van der Waals surface area contributed by atoms with Crippen LogP contribution in [0, 0.1) is 0 Å². The molecule has 2 aliphatic rings. The highest BCUT2D eigenvalue weighted by molar-refractivity contribution is 6.11. The molecule has 12 rings (SSSR count). The number of hydrogen-bond donors (Lipinski definition) is 0. The predicted molar refractivity (Wildman–Crippen MR) is 268 cm³/mol. The molecule has 0 fully saturated rings. The summed E-state index contributed by atoms with van der Waals surface area (Å²) >= 11 is 0. The van der Waals surface area contributed by atoms with Crippen molar-refractivity contribution in [1.82, 2.24) is 4.57 Å². The van der Waals surface area contributed by atoms with E-state index in [2.05, 4.69) is 242 Å².